The summed E-state index contributed by atoms with van der Waals surface area (Å²) in [6, 6.07) is 6.79. The Bertz CT molecular complexity index is 804. The molecule has 0 radical (unpaired) electrons. The maximum atomic E-state index is 12.9. The minimum atomic E-state index is -3.73. The smallest absolute Gasteiger partial charge is 0.268 e. The van der Waals surface area contributed by atoms with Crippen molar-refractivity contribution in [1.29, 1.82) is 0 Å². The van der Waals surface area contributed by atoms with Gasteiger partial charge in [-0.1, -0.05) is 12.1 Å². The van der Waals surface area contributed by atoms with E-state index in [9.17, 15) is 13.2 Å². The fraction of sp³-hybridized carbons (Fsp3) is 0.286. The second-order valence-corrected chi connectivity index (χ2v) is 6.83. The van der Waals surface area contributed by atoms with Crippen LogP contribution in [0.25, 0.3) is 0 Å². The standard InChI is InChI=1S/C14H15N3O3S/c1-9-14(10(2)16-15-9)21(19,20)17-8-7-13(18)11-5-3-4-6-12(11)17/h3-6H,7-8H2,1-2H3,(H,15,16). The van der Waals surface area contributed by atoms with Gasteiger partial charge in [0.05, 0.1) is 17.1 Å². The molecule has 3 rings (SSSR count). The molecule has 21 heavy (non-hydrogen) atoms. The summed E-state index contributed by atoms with van der Waals surface area (Å²) in [7, 11) is -3.73. The molecule has 0 aliphatic carbocycles. The van der Waals surface area contributed by atoms with Crippen LogP contribution >= 0.6 is 0 Å². The SMILES string of the molecule is Cc1n[nH]c(C)c1S(=O)(=O)N1CCC(=O)c2ccccc21. The lowest BCUT2D eigenvalue weighted by Gasteiger charge is -2.29. The second-order valence-electron chi connectivity index (χ2n) is 5.03. The number of rotatable bonds is 2. The summed E-state index contributed by atoms with van der Waals surface area (Å²) in [5.41, 5.74) is 1.82. The number of aromatic nitrogens is 2. The molecule has 0 spiro atoms. The summed E-state index contributed by atoms with van der Waals surface area (Å²) in [5, 5.41) is 6.64. The van der Waals surface area contributed by atoms with Gasteiger partial charge in [0.15, 0.2) is 5.78 Å². The Labute approximate surface area is 122 Å². The topological polar surface area (TPSA) is 83.1 Å². The average molecular weight is 305 g/mol. The number of H-pyrrole nitrogens is 1. The first-order chi connectivity index (χ1) is 9.93. The van der Waals surface area contributed by atoms with Crippen molar-refractivity contribution < 1.29 is 13.2 Å². The Morgan fingerprint density at radius 2 is 1.95 bits per heavy atom. The Morgan fingerprint density at radius 1 is 1.24 bits per heavy atom. The number of ketones is 1. The number of carbonyl (C=O) groups excluding carboxylic acids is 1. The number of nitrogens with zero attached hydrogens (tertiary/aromatic N) is 2. The zero-order valence-electron chi connectivity index (χ0n) is 11.8. The van der Waals surface area contributed by atoms with Gasteiger partial charge in [-0.05, 0) is 26.0 Å². The van der Waals surface area contributed by atoms with Gasteiger partial charge in [-0.3, -0.25) is 14.2 Å². The maximum absolute atomic E-state index is 12.9. The van der Waals surface area contributed by atoms with Gasteiger partial charge in [0.25, 0.3) is 10.0 Å². The van der Waals surface area contributed by atoms with E-state index in [2.05, 4.69) is 10.2 Å². The number of fused-ring (bicyclic) bond motifs is 1. The van der Waals surface area contributed by atoms with Crippen LogP contribution in [0.4, 0.5) is 5.69 Å². The fourth-order valence-electron chi connectivity index (χ4n) is 2.67. The number of nitrogens with one attached hydrogen (secondary N) is 1. The normalized spacial score (nSPS) is 15.1. The van der Waals surface area contributed by atoms with Crippen LogP contribution in [0.3, 0.4) is 0 Å². The maximum Gasteiger partial charge on any atom is 0.268 e. The molecule has 0 saturated heterocycles. The van der Waals surface area contributed by atoms with Gasteiger partial charge in [0.2, 0.25) is 0 Å². The summed E-state index contributed by atoms with van der Waals surface area (Å²) in [5.74, 6) is -0.0299. The molecule has 1 aliphatic rings. The van der Waals surface area contributed by atoms with Crippen molar-refractivity contribution >= 4 is 21.5 Å². The molecule has 2 heterocycles. The van der Waals surface area contributed by atoms with Crippen LogP contribution in [0.15, 0.2) is 29.2 Å². The minimum Gasteiger partial charge on any atom is -0.294 e. The van der Waals surface area contributed by atoms with Gasteiger partial charge in [-0.15, -0.1) is 0 Å². The Morgan fingerprint density at radius 3 is 2.62 bits per heavy atom. The molecule has 0 saturated carbocycles. The molecule has 1 aromatic heterocycles. The first-order valence-corrected chi connectivity index (χ1v) is 8.03. The molecule has 110 valence electrons. The summed E-state index contributed by atoms with van der Waals surface area (Å²) in [6.45, 7) is 3.48. The molecule has 1 aromatic carbocycles. The van der Waals surface area contributed by atoms with Crippen LogP contribution in [0.5, 0.6) is 0 Å². The lowest BCUT2D eigenvalue weighted by Crippen LogP contribution is -2.37. The molecule has 0 unspecified atom stereocenters. The number of sulfonamides is 1. The fourth-order valence-corrected chi connectivity index (χ4v) is 4.49. The third-order valence-electron chi connectivity index (χ3n) is 3.62. The van der Waals surface area contributed by atoms with Crippen LogP contribution in [0, 0.1) is 13.8 Å². The molecule has 6 nitrogen and oxygen atoms in total. The van der Waals surface area contributed by atoms with Crippen molar-refractivity contribution in [1.82, 2.24) is 10.2 Å². The van der Waals surface area contributed by atoms with Crippen molar-refractivity contribution in [2.24, 2.45) is 0 Å². The Balaban J connectivity index is 2.18. The van der Waals surface area contributed by atoms with Crippen molar-refractivity contribution in [3.8, 4) is 0 Å². The van der Waals surface area contributed by atoms with Crippen LogP contribution < -0.4 is 4.31 Å². The summed E-state index contributed by atoms with van der Waals surface area (Å²) < 4.78 is 27.1. The average Bonchev–Trinajstić information content (AvgIpc) is 2.79. The molecule has 1 aliphatic heterocycles. The van der Waals surface area contributed by atoms with E-state index < -0.39 is 10.0 Å². The second kappa shape index (κ2) is 4.70. The predicted octanol–water partition coefficient (Wildman–Crippen LogP) is 1.81. The lowest BCUT2D eigenvalue weighted by molar-refractivity contribution is 0.0982. The number of anilines is 1. The zero-order valence-corrected chi connectivity index (χ0v) is 12.6. The van der Waals surface area contributed by atoms with E-state index in [1.54, 1.807) is 38.1 Å². The number of para-hydroxylation sites is 1. The predicted molar refractivity (Wildman–Crippen MR) is 78.0 cm³/mol. The van der Waals surface area contributed by atoms with Crippen LogP contribution in [-0.2, 0) is 10.0 Å². The number of hydrogen-bond acceptors (Lipinski definition) is 4. The van der Waals surface area contributed by atoms with E-state index in [1.165, 1.54) is 4.31 Å². The first kappa shape index (κ1) is 13.8. The van der Waals surface area contributed by atoms with Gasteiger partial charge in [0, 0.05) is 18.5 Å². The van der Waals surface area contributed by atoms with Crippen molar-refractivity contribution in [3.63, 3.8) is 0 Å². The van der Waals surface area contributed by atoms with E-state index in [-0.39, 0.29) is 23.6 Å². The largest absolute Gasteiger partial charge is 0.294 e. The molecule has 0 fully saturated rings. The highest BCUT2D eigenvalue weighted by atomic mass is 32.2. The van der Waals surface area contributed by atoms with Crippen molar-refractivity contribution in [3.05, 3.63) is 41.2 Å². The summed E-state index contributed by atoms with van der Waals surface area (Å²) in [4.78, 5) is 12.1. The van der Waals surface area contributed by atoms with Crippen LogP contribution in [0.2, 0.25) is 0 Å². The molecule has 7 heteroatoms. The summed E-state index contributed by atoms with van der Waals surface area (Å²) >= 11 is 0. The number of aryl methyl sites for hydroxylation is 2. The molecule has 0 bridgehead atoms. The van der Waals surface area contributed by atoms with Gasteiger partial charge >= 0.3 is 0 Å². The van der Waals surface area contributed by atoms with Crippen LogP contribution in [0.1, 0.15) is 28.2 Å². The van der Waals surface area contributed by atoms with Crippen molar-refractivity contribution in [2.45, 2.75) is 25.2 Å². The number of hydrogen-bond donors (Lipinski definition) is 1. The molecule has 0 atom stereocenters. The minimum absolute atomic E-state index is 0.0299. The third kappa shape index (κ3) is 2.04. The quantitative estimate of drug-likeness (QED) is 0.917. The van der Waals surface area contributed by atoms with E-state index in [4.69, 9.17) is 0 Å². The van der Waals surface area contributed by atoms with Gasteiger partial charge in [0.1, 0.15) is 4.90 Å². The molecule has 0 amide bonds. The Kier molecular flexibility index (Phi) is 3.09. The zero-order chi connectivity index (χ0) is 15.2. The van der Waals surface area contributed by atoms with Crippen LogP contribution in [-0.4, -0.2) is 30.9 Å². The van der Waals surface area contributed by atoms with Gasteiger partial charge < -0.3 is 0 Å². The highest BCUT2D eigenvalue weighted by Crippen LogP contribution is 2.33. The number of Topliss-reactive ketones (excluding diaryl/α,β-unsaturated/α-hetero) is 1. The third-order valence-corrected chi connectivity index (χ3v) is 5.70. The van der Waals surface area contributed by atoms with Gasteiger partial charge in [-0.25, -0.2) is 8.42 Å². The lowest BCUT2D eigenvalue weighted by atomic mass is 10.0. The molecule has 2 aromatic rings. The number of carbonyl (C=O) groups is 1. The molecular formula is C14H15N3O3S. The Hall–Kier alpha value is -2.15. The monoisotopic (exact) mass is 305 g/mol. The highest BCUT2D eigenvalue weighted by Gasteiger charge is 2.34. The van der Waals surface area contributed by atoms with Gasteiger partial charge in [-0.2, -0.15) is 5.10 Å². The van der Waals surface area contributed by atoms with E-state index in [0.29, 0.717) is 22.6 Å². The van der Waals surface area contributed by atoms with Crippen molar-refractivity contribution in [2.75, 3.05) is 10.8 Å². The highest BCUT2D eigenvalue weighted by molar-refractivity contribution is 7.93. The van der Waals surface area contributed by atoms with E-state index in [1.807, 2.05) is 0 Å². The number of benzene rings is 1. The number of aromatic amines is 1. The van der Waals surface area contributed by atoms with E-state index in [0.717, 1.165) is 0 Å². The first-order valence-electron chi connectivity index (χ1n) is 6.59. The van der Waals surface area contributed by atoms with E-state index >= 15 is 0 Å². The molecule has 1 N–H and O–H groups in total. The molecular weight excluding hydrogens is 290 g/mol. The summed E-state index contributed by atoms with van der Waals surface area (Å²) in [6.07, 6.45) is 0.187.